The van der Waals surface area contributed by atoms with Crippen molar-refractivity contribution in [1.29, 1.82) is 0 Å². The summed E-state index contributed by atoms with van der Waals surface area (Å²) in [5, 5.41) is 13.4. The second-order valence-corrected chi connectivity index (χ2v) is 9.10. The fourth-order valence-electron chi connectivity index (χ4n) is 4.78. The Bertz CT molecular complexity index is 1100. The first kappa shape index (κ1) is 21.8. The van der Waals surface area contributed by atoms with Crippen molar-refractivity contribution in [3.63, 3.8) is 0 Å². The smallest absolute Gasteiger partial charge is 0.279 e. The van der Waals surface area contributed by atoms with Gasteiger partial charge < -0.3 is 14.7 Å². The monoisotopic (exact) mass is 441 g/mol. The Morgan fingerprint density at radius 2 is 1.90 bits per heavy atom. The summed E-state index contributed by atoms with van der Waals surface area (Å²) in [5.41, 5.74) is 5.30. The molecule has 0 bridgehead atoms. The van der Waals surface area contributed by atoms with Crippen LogP contribution in [0, 0.1) is 12.1 Å². The zero-order valence-electron chi connectivity index (χ0n) is 19.2. The van der Waals surface area contributed by atoms with Crippen LogP contribution in [0.2, 0.25) is 5.02 Å². The van der Waals surface area contributed by atoms with Crippen molar-refractivity contribution in [3.05, 3.63) is 45.8 Å². The molecule has 7 heteroatoms. The van der Waals surface area contributed by atoms with Crippen LogP contribution in [0.3, 0.4) is 0 Å². The highest BCUT2D eigenvalue weighted by Crippen LogP contribution is 2.39. The molecule has 0 N–H and O–H groups in total. The third-order valence-corrected chi connectivity index (χ3v) is 6.81. The number of fused-ring (bicyclic) bond motifs is 3. The molecule has 0 unspecified atom stereocenters. The van der Waals surface area contributed by atoms with Crippen LogP contribution in [0.4, 0.5) is 17.5 Å². The third-order valence-electron chi connectivity index (χ3n) is 6.50. The molecule has 0 aliphatic carbocycles. The molecule has 6 nitrogen and oxygen atoms in total. The Labute approximate surface area is 189 Å². The number of benzene rings is 1. The minimum absolute atomic E-state index is 0.474. The Morgan fingerprint density at radius 3 is 2.58 bits per heavy atom. The molecule has 1 aliphatic heterocycles. The summed E-state index contributed by atoms with van der Waals surface area (Å²) in [6.45, 7) is 8.26. The fourth-order valence-corrected chi connectivity index (χ4v) is 4.98. The molecule has 0 saturated carbocycles. The van der Waals surface area contributed by atoms with Gasteiger partial charge in [0.1, 0.15) is 11.7 Å². The number of pyridine rings is 1. The molecule has 2 aromatic heterocycles. The Kier molecular flexibility index (Phi) is 6.02. The van der Waals surface area contributed by atoms with Crippen LogP contribution >= 0.6 is 11.6 Å². The maximum Gasteiger partial charge on any atom is 0.279 e. The molecule has 31 heavy (non-hydrogen) atoms. The number of halogens is 1. The van der Waals surface area contributed by atoms with E-state index < -0.39 is 0 Å². The van der Waals surface area contributed by atoms with Gasteiger partial charge in [0.25, 0.3) is 5.82 Å². The van der Waals surface area contributed by atoms with E-state index in [9.17, 15) is 5.21 Å². The summed E-state index contributed by atoms with van der Waals surface area (Å²) in [7, 11) is 3.77. The maximum absolute atomic E-state index is 12.7. The molecule has 1 aromatic carbocycles. The zero-order chi connectivity index (χ0) is 22.3. The van der Waals surface area contributed by atoms with Crippen molar-refractivity contribution >= 4 is 40.1 Å². The van der Waals surface area contributed by atoms with Gasteiger partial charge in [-0.3, -0.25) is 4.90 Å². The zero-order valence-corrected chi connectivity index (χ0v) is 19.9. The van der Waals surface area contributed by atoms with Crippen LogP contribution in [-0.4, -0.2) is 30.2 Å². The average molecular weight is 442 g/mol. The van der Waals surface area contributed by atoms with Gasteiger partial charge in [0, 0.05) is 19.2 Å². The van der Waals surface area contributed by atoms with E-state index in [0.717, 1.165) is 71.7 Å². The molecule has 0 atom stereocenters. The van der Waals surface area contributed by atoms with Gasteiger partial charge in [-0.25, -0.2) is 9.71 Å². The molecule has 166 valence electrons. The van der Waals surface area contributed by atoms with Crippen molar-refractivity contribution in [2.45, 2.75) is 58.9 Å². The van der Waals surface area contributed by atoms with Gasteiger partial charge in [0.15, 0.2) is 0 Å². The first-order valence-electron chi connectivity index (χ1n) is 11.2. The molecule has 0 saturated heterocycles. The molecular formula is C24H32ClN5O. The second-order valence-electron chi connectivity index (χ2n) is 8.69. The van der Waals surface area contributed by atoms with Crippen LogP contribution in [0.5, 0.6) is 0 Å². The van der Waals surface area contributed by atoms with E-state index in [1.165, 1.54) is 5.56 Å². The van der Waals surface area contributed by atoms with Crippen LogP contribution in [0.1, 0.15) is 56.6 Å². The molecule has 4 rings (SSSR count). The molecule has 3 heterocycles. The highest BCUT2D eigenvalue weighted by molar-refractivity contribution is 6.35. The SMILES string of the molecule is CCC(CC)c1ccc(Cl)c2nc3n(c12)CCCCN3c1c[n+]([O-])c(N(C)C)cc1C. The van der Waals surface area contributed by atoms with Crippen LogP contribution in [0.15, 0.2) is 24.4 Å². The van der Waals surface area contributed by atoms with E-state index in [-0.39, 0.29) is 0 Å². The summed E-state index contributed by atoms with van der Waals surface area (Å²) < 4.78 is 3.28. The molecule has 0 radical (unpaired) electrons. The van der Waals surface area contributed by atoms with Gasteiger partial charge in [-0.05, 0) is 55.7 Å². The van der Waals surface area contributed by atoms with E-state index in [4.69, 9.17) is 16.6 Å². The normalized spacial score (nSPS) is 14.2. The number of rotatable bonds is 5. The van der Waals surface area contributed by atoms with E-state index in [1.807, 2.05) is 31.1 Å². The highest BCUT2D eigenvalue weighted by atomic mass is 35.5. The van der Waals surface area contributed by atoms with E-state index in [1.54, 1.807) is 6.20 Å². The van der Waals surface area contributed by atoms with E-state index >= 15 is 0 Å². The molecule has 0 fully saturated rings. The topological polar surface area (TPSA) is 51.2 Å². The number of aryl methyl sites for hydroxylation is 2. The summed E-state index contributed by atoms with van der Waals surface area (Å²) in [6, 6.07) is 6.11. The van der Waals surface area contributed by atoms with Crippen molar-refractivity contribution in [2.24, 2.45) is 0 Å². The molecule has 3 aromatic rings. The van der Waals surface area contributed by atoms with Crippen molar-refractivity contribution in [3.8, 4) is 0 Å². The summed E-state index contributed by atoms with van der Waals surface area (Å²) in [5.74, 6) is 1.99. The van der Waals surface area contributed by atoms with Crippen LogP contribution < -0.4 is 14.5 Å². The van der Waals surface area contributed by atoms with Gasteiger partial charge in [-0.1, -0.05) is 31.5 Å². The largest absolute Gasteiger partial charge is 0.711 e. The van der Waals surface area contributed by atoms with Gasteiger partial charge in [0.2, 0.25) is 5.95 Å². The fraction of sp³-hybridized carbons (Fsp3) is 0.500. The molecule has 0 spiro atoms. The third kappa shape index (κ3) is 3.71. The first-order valence-corrected chi connectivity index (χ1v) is 11.6. The van der Waals surface area contributed by atoms with E-state index in [0.29, 0.717) is 16.8 Å². The lowest BCUT2D eigenvalue weighted by Crippen LogP contribution is -2.36. The Hall–Kier alpha value is -2.47. The lowest BCUT2D eigenvalue weighted by molar-refractivity contribution is -0.591. The standard InChI is InChI=1S/C24H32ClN5O/c1-6-17(7-2)18-10-11-19(25)22-23(18)29-13-9-8-12-28(24(29)26-22)20-15-30(31)21(27(4)5)14-16(20)3/h10-11,14-15,17H,6-9,12-13H2,1-5H3. The number of anilines is 3. The number of imidazole rings is 1. The second kappa shape index (κ2) is 8.58. The lowest BCUT2D eigenvalue weighted by atomic mass is 9.93. The Morgan fingerprint density at radius 1 is 1.19 bits per heavy atom. The summed E-state index contributed by atoms with van der Waals surface area (Å²) >= 11 is 6.63. The first-order chi connectivity index (χ1) is 14.9. The average Bonchev–Trinajstić information content (AvgIpc) is 3.00. The predicted molar refractivity (Wildman–Crippen MR) is 129 cm³/mol. The van der Waals surface area contributed by atoms with E-state index in [2.05, 4.69) is 36.3 Å². The van der Waals surface area contributed by atoms with Crippen LogP contribution in [0.25, 0.3) is 11.0 Å². The quantitative estimate of drug-likeness (QED) is 0.385. The number of nitrogens with zero attached hydrogens (tertiary/aromatic N) is 5. The molecular weight excluding hydrogens is 410 g/mol. The Balaban J connectivity index is 1.94. The maximum atomic E-state index is 12.7. The van der Waals surface area contributed by atoms with Crippen molar-refractivity contribution < 1.29 is 4.73 Å². The van der Waals surface area contributed by atoms with Crippen molar-refractivity contribution in [2.75, 3.05) is 30.4 Å². The van der Waals surface area contributed by atoms with Gasteiger partial charge in [-0.2, -0.15) is 0 Å². The molecule has 0 amide bonds. The number of hydrogen-bond acceptors (Lipinski definition) is 4. The summed E-state index contributed by atoms with van der Waals surface area (Å²) in [6.07, 6.45) is 5.95. The molecule has 1 aliphatic rings. The number of hydrogen-bond donors (Lipinski definition) is 0. The predicted octanol–water partition coefficient (Wildman–Crippen LogP) is 5.53. The number of aromatic nitrogens is 3. The van der Waals surface area contributed by atoms with Crippen LogP contribution in [-0.2, 0) is 6.54 Å². The summed E-state index contributed by atoms with van der Waals surface area (Å²) in [4.78, 5) is 9.08. The highest BCUT2D eigenvalue weighted by Gasteiger charge is 2.27. The minimum atomic E-state index is 0.474. The van der Waals surface area contributed by atoms with Gasteiger partial charge >= 0.3 is 0 Å². The van der Waals surface area contributed by atoms with Crippen molar-refractivity contribution in [1.82, 2.24) is 9.55 Å². The minimum Gasteiger partial charge on any atom is -0.711 e. The lowest BCUT2D eigenvalue weighted by Gasteiger charge is -2.25. The van der Waals surface area contributed by atoms with Gasteiger partial charge in [0.05, 0.1) is 30.3 Å². The van der Waals surface area contributed by atoms with Gasteiger partial charge in [-0.15, -0.1) is 0 Å².